The van der Waals surface area contributed by atoms with Crippen molar-refractivity contribution < 1.29 is 0 Å². The van der Waals surface area contributed by atoms with E-state index >= 15 is 0 Å². The van der Waals surface area contributed by atoms with Crippen LogP contribution in [0.4, 0.5) is 0 Å². The summed E-state index contributed by atoms with van der Waals surface area (Å²) in [5.41, 5.74) is 4.35. The van der Waals surface area contributed by atoms with Crippen molar-refractivity contribution in [1.29, 1.82) is 0 Å². The topological polar surface area (TPSA) is 40.7 Å². The molecule has 0 aromatic carbocycles. The zero-order valence-corrected chi connectivity index (χ0v) is 12.1. The number of aryl methyl sites for hydroxylation is 1. The molecule has 0 aliphatic heterocycles. The predicted molar refractivity (Wildman–Crippen MR) is 78.0 cm³/mol. The van der Waals surface area contributed by atoms with Crippen molar-refractivity contribution in [2.75, 3.05) is 6.54 Å². The van der Waals surface area contributed by atoms with Gasteiger partial charge in [0.1, 0.15) is 0 Å². The first-order chi connectivity index (χ1) is 9.24. The molecule has 3 atom stereocenters. The molecule has 2 N–H and O–H groups in total. The number of hydrogen-bond donors (Lipinski definition) is 2. The summed E-state index contributed by atoms with van der Waals surface area (Å²) in [6.45, 7) is 5.84. The van der Waals surface area contributed by atoms with E-state index in [1.807, 2.05) is 6.20 Å². The summed E-state index contributed by atoms with van der Waals surface area (Å²) in [5, 5.41) is 11.1. The first-order valence-corrected chi connectivity index (χ1v) is 7.65. The van der Waals surface area contributed by atoms with E-state index in [9.17, 15) is 0 Å². The Morgan fingerprint density at radius 2 is 2.32 bits per heavy atom. The molecule has 2 aliphatic rings. The standard InChI is InChI=1S/C16H25N3/c1-11-4-3-5-12(2)15(11)10-17-14-6-7-16-13(8-14)9-18-19-16/h4,9,12,14-15,17H,3,5-8,10H2,1-2H3,(H,18,19)/t12-,14-,15-/m0/s1. The molecule has 0 unspecified atom stereocenters. The zero-order valence-electron chi connectivity index (χ0n) is 12.1. The summed E-state index contributed by atoms with van der Waals surface area (Å²) in [5.74, 6) is 1.56. The molecule has 0 amide bonds. The first kappa shape index (κ1) is 12.9. The Kier molecular flexibility index (Phi) is 3.74. The Balaban J connectivity index is 1.56. The molecule has 3 heteroatoms. The molecule has 0 spiro atoms. The number of aromatic amines is 1. The Labute approximate surface area is 115 Å². The summed E-state index contributed by atoms with van der Waals surface area (Å²) >= 11 is 0. The first-order valence-electron chi connectivity index (χ1n) is 7.65. The highest BCUT2D eigenvalue weighted by Gasteiger charge is 2.24. The summed E-state index contributed by atoms with van der Waals surface area (Å²) in [7, 11) is 0. The van der Waals surface area contributed by atoms with E-state index in [0.29, 0.717) is 6.04 Å². The van der Waals surface area contributed by atoms with E-state index < -0.39 is 0 Å². The van der Waals surface area contributed by atoms with Crippen LogP contribution >= 0.6 is 0 Å². The molecule has 0 saturated carbocycles. The predicted octanol–water partition coefficient (Wildman–Crippen LogP) is 2.85. The maximum Gasteiger partial charge on any atom is 0.0522 e. The number of nitrogens with one attached hydrogen (secondary N) is 2. The maximum atomic E-state index is 4.15. The number of H-pyrrole nitrogens is 1. The van der Waals surface area contributed by atoms with Crippen molar-refractivity contribution in [2.24, 2.45) is 11.8 Å². The van der Waals surface area contributed by atoms with Crippen LogP contribution in [0.2, 0.25) is 0 Å². The lowest BCUT2D eigenvalue weighted by atomic mass is 9.80. The second kappa shape index (κ2) is 5.49. The third-order valence-corrected chi connectivity index (χ3v) is 5.00. The van der Waals surface area contributed by atoms with E-state index in [4.69, 9.17) is 0 Å². The third-order valence-electron chi connectivity index (χ3n) is 5.00. The minimum absolute atomic E-state index is 0.632. The van der Waals surface area contributed by atoms with Gasteiger partial charge in [-0.2, -0.15) is 5.10 Å². The number of rotatable bonds is 3. The van der Waals surface area contributed by atoms with Crippen LogP contribution in [0.25, 0.3) is 0 Å². The van der Waals surface area contributed by atoms with Crippen LogP contribution in [0.1, 0.15) is 44.4 Å². The van der Waals surface area contributed by atoms with Gasteiger partial charge in [-0.1, -0.05) is 18.6 Å². The Hall–Kier alpha value is -1.09. The molecular formula is C16H25N3. The van der Waals surface area contributed by atoms with Crippen molar-refractivity contribution in [3.05, 3.63) is 29.1 Å². The molecule has 1 heterocycles. The van der Waals surface area contributed by atoms with Crippen LogP contribution < -0.4 is 5.32 Å². The highest BCUT2D eigenvalue weighted by Crippen LogP contribution is 2.30. The van der Waals surface area contributed by atoms with Gasteiger partial charge in [0, 0.05) is 18.3 Å². The van der Waals surface area contributed by atoms with Gasteiger partial charge < -0.3 is 5.32 Å². The third kappa shape index (κ3) is 2.76. The van der Waals surface area contributed by atoms with Crippen LogP contribution in [-0.4, -0.2) is 22.8 Å². The van der Waals surface area contributed by atoms with Crippen molar-refractivity contribution in [1.82, 2.24) is 15.5 Å². The Morgan fingerprint density at radius 3 is 3.16 bits per heavy atom. The average Bonchev–Trinajstić information content (AvgIpc) is 2.85. The van der Waals surface area contributed by atoms with Gasteiger partial charge in [-0.15, -0.1) is 0 Å². The van der Waals surface area contributed by atoms with Gasteiger partial charge in [-0.25, -0.2) is 0 Å². The number of aromatic nitrogens is 2. The summed E-state index contributed by atoms with van der Waals surface area (Å²) in [4.78, 5) is 0. The van der Waals surface area contributed by atoms with Gasteiger partial charge in [-0.3, -0.25) is 5.10 Å². The van der Waals surface area contributed by atoms with E-state index in [0.717, 1.165) is 31.2 Å². The molecule has 3 nitrogen and oxygen atoms in total. The normalized spacial score (nSPS) is 30.8. The number of hydrogen-bond acceptors (Lipinski definition) is 2. The minimum atomic E-state index is 0.632. The van der Waals surface area contributed by atoms with Crippen molar-refractivity contribution in [3.63, 3.8) is 0 Å². The molecular weight excluding hydrogens is 234 g/mol. The molecule has 0 bridgehead atoms. The molecule has 0 saturated heterocycles. The highest BCUT2D eigenvalue weighted by molar-refractivity contribution is 5.21. The average molecular weight is 259 g/mol. The number of nitrogens with zero attached hydrogens (tertiary/aromatic N) is 1. The van der Waals surface area contributed by atoms with E-state index in [-0.39, 0.29) is 0 Å². The smallest absolute Gasteiger partial charge is 0.0522 e. The van der Waals surface area contributed by atoms with E-state index in [1.165, 1.54) is 30.5 Å². The lowest BCUT2D eigenvalue weighted by Crippen LogP contribution is -2.39. The molecule has 1 aromatic rings. The summed E-state index contributed by atoms with van der Waals surface area (Å²) in [6.07, 6.45) is 10.6. The van der Waals surface area contributed by atoms with Crippen LogP contribution in [0.5, 0.6) is 0 Å². The van der Waals surface area contributed by atoms with Gasteiger partial charge in [0.2, 0.25) is 0 Å². The minimum Gasteiger partial charge on any atom is -0.313 e. The fourth-order valence-corrected chi connectivity index (χ4v) is 3.62. The fourth-order valence-electron chi connectivity index (χ4n) is 3.62. The molecule has 0 radical (unpaired) electrons. The van der Waals surface area contributed by atoms with E-state index in [1.54, 1.807) is 5.57 Å². The largest absolute Gasteiger partial charge is 0.313 e. The van der Waals surface area contributed by atoms with Crippen LogP contribution in [-0.2, 0) is 12.8 Å². The summed E-state index contributed by atoms with van der Waals surface area (Å²) < 4.78 is 0. The van der Waals surface area contributed by atoms with E-state index in [2.05, 4.69) is 35.4 Å². The van der Waals surface area contributed by atoms with Crippen molar-refractivity contribution in [2.45, 2.75) is 52.0 Å². The van der Waals surface area contributed by atoms with Crippen LogP contribution in [0.15, 0.2) is 17.8 Å². The monoisotopic (exact) mass is 259 g/mol. The van der Waals surface area contributed by atoms with Gasteiger partial charge in [-0.05, 0) is 56.4 Å². The van der Waals surface area contributed by atoms with Gasteiger partial charge >= 0.3 is 0 Å². The van der Waals surface area contributed by atoms with Crippen LogP contribution in [0, 0.1) is 11.8 Å². The number of fused-ring (bicyclic) bond motifs is 1. The zero-order chi connectivity index (χ0) is 13.2. The molecule has 3 rings (SSSR count). The quantitative estimate of drug-likeness (QED) is 0.820. The highest BCUT2D eigenvalue weighted by atomic mass is 15.1. The van der Waals surface area contributed by atoms with Gasteiger partial charge in [0.05, 0.1) is 6.20 Å². The molecule has 0 fully saturated rings. The van der Waals surface area contributed by atoms with Gasteiger partial charge in [0.25, 0.3) is 0 Å². The second-order valence-corrected chi connectivity index (χ2v) is 6.33. The fraction of sp³-hybridized carbons (Fsp3) is 0.688. The lowest BCUT2D eigenvalue weighted by Gasteiger charge is -2.31. The molecule has 1 aromatic heterocycles. The van der Waals surface area contributed by atoms with Crippen molar-refractivity contribution in [3.8, 4) is 0 Å². The Morgan fingerprint density at radius 1 is 1.42 bits per heavy atom. The molecule has 19 heavy (non-hydrogen) atoms. The van der Waals surface area contributed by atoms with Crippen LogP contribution in [0.3, 0.4) is 0 Å². The lowest BCUT2D eigenvalue weighted by molar-refractivity contribution is 0.325. The number of allylic oxidation sites excluding steroid dienone is 1. The van der Waals surface area contributed by atoms with Crippen molar-refractivity contribution >= 4 is 0 Å². The summed E-state index contributed by atoms with van der Waals surface area (Å²) in [6, 6.07) is 0.632. The van der Waals surface area contributed by atoms with Gasteiger partial charge in [0.15, 0.2) is 0 Å². The molecule has 2 aliphatic carbocycles. The maximum absolute atomic E-state index is 4.15. The molecule has 104 valence electrons. The SMILES string of the molecule is CC1=CCC[C@H](C)[C@H]1CN[C@H]1CCc2[nH]ncc2C1. The second-order valence-electron chi connectivity index (χ2n) is 6.33. The Bertz CT molecular complexity index is 460.